The molecule has 1 unspecified atom stereocenters. The van der Waals surface area contributed by atoms with Gasteiger partial charge in [0.05, 0.1) is 16.8 Å². The van der Waals surface area contributed by atoms with Crippen LogP contribution in [-0.4, -0.2) is 53.0 Å². The van der Waals surface area contributed by atoms with Gasteiger partial charge in [-0.25, -0.2) is 0 Å². The van der Waals surface area contributed by atoms with Crippen molar-refractivity contribution >= 4 is 0 Å². The lowest BCUT2D eigenvalue weighted by molar-refractivity contribution is -0.189. The number of morpholine rings is 1. The first-order valence-electron chi connectivity index (χ1n) is 7.01. The van der Waals surface area contributed by atoms with Crippen LogP contribution in [0.4, 0.5) is 0 Å². The van der Waals surface area contributed by atoms with E-state index in [0.717, 1.165) is 25.9 Å². The molecule has 0 radical (unpaired) electrons. The van der Waals surface area contributed by atoms with Crippen molar-refractivity contribution in [1.82, 2.24) is 4.90 Å². The number of hydrogen-bond acceptors (Lipinski definition) is 4. The summed E-state index contributed by atoms with van der Waals surface area (Å²) in [6.07, 6.45) is 2.23. The number of aliphatic hydroxyl groups is 1. The van der Waals surface area contributed by atoms with Gasteiger partial charge in [0.15, 0.2) is 0 Å². The standard InChI is InChI=1S/C14H28N2O2/c1-12(2)8-16(9-13(3,4)18-12)10-14(17,7-15)11-5-6-11/h11,17H,5-10,15H2,1-4H3. The quantitative estimate of drug-likeness (QED) is 0.787. The molecule has 0 aromatic heterocycles. The monoisotopic (exact) mass is 256 g/mol. The van der Waals surface area contributed by atoms with Crippen LogP contribution in [0.25, 0.3) is 0 Å². The average Bonchev–Trinajstić information content (AvgIpc) is 2.94. The van der Waals surface area contributed by atoms with Gasteiger partial charge in [0, 0.05) is 26.2 Å². The molecule has 0 aromatic carbocycles. The first kappa shape index (κ1) is 14.3. The molecule has 1 atom stereocenters. The Morgan fingerprint density at radius 3 is 2.11 bits per heavy atom. The number of ether oxygens (including phenoxy) is 1. The van der Waals surface area contributed by atoms with E-state index in [-0.39, 0.29) is 11.2 Å². The minimum Gasteiger partial charge on any atom is -0.387 e. The summed E-state index contributed by atoms with van der Waals surface area (Å²) in [5, 5.41) is 10.6. The molecule has 2 aliphatic rings. The van der Waals surface area contributed by atoms with Crippen LogP contribution in [0, 0.1) is 5.92 Å². The van der Waals surface area contributed by atoms with Gasteiger partial charge >= 0.3 is 0 Å². The molecule has 1 aliphatic carbocycles. The van der Waals surface area contributed by atoms with Crippen LogP contribution in [0.3, 0.4) is 0 Å². The first-order chi connectivity index (χ1) is 8.16. The average molecular weight is 256 g/mol. The highest BCUT2D eigenvalue weighted by atomic mass is 16.5. The van der Waals surface area contributed by atoms with Gasteiger partial charge in [-0.1, -0.05) is 0 Å². The fraction of sp³-hybridized carbons (Fsp3) is 1.00. The van der Waals surface area contributed by atoms with Crippen LogP contribution >= 0.6 is 0 Å². The third-order valence-corrected chi connectivity index (χ3v) is 3.95. The molecule has 2 fully saturated rings. The van der Waals surface area contributed by atoms with E-state index in [0.29, 0.717) is 19.0 Å². The molecule has 4 heteroatoms. The van der Waals surface area contributed by atoms with E-state index in [1.807, 2.05) is 0 Å². The topological polar surface area (TPSA) is 58.7 Å². The predicted molar refractivity (Wildman–Crippen MR) is 72.4 cm³/mol. The number of nitrogens with two attached hydrogens (primary N) is 1. The second kappa shape index (κ2) is 4.44. The summed E-state index contributed by atoms with van der Waals surface area (Å²) in [7, 11) is 0. The van der Waals surface area contributed by atoms with Gasteiger partial charge in [-0.05, 0) is 46.5 Å². The Hall–Kier alpha value is -0.160. The van der Waals surface area contributed by atoms with Gasteiger partial charge in [-0.3, -0.25) is 4.90 Å². The van der Waals surface area contributed by atoms with Crippen molar-refractivity contribution in [3.63, 3.8) is 0 Å². The third-order valence-electron chi connectivity index (χ3n) is 3.95. The highest BCUT2D eigenvalue weighted by Gasteiger charge is 2.46. The van der Waals surface area contributed by atoms with E-state index in [1.54, 1.807) is 0 Å². The van der Waals surface area contributed by atoms with Crippen LogP contribution in [0.5, 0.6) is 0 Å². The lowest BCUT2D eigenvalue weighted by atomic mass is 9.93. The van der Waals surface area contributed by atoms with Crippen LogP contribution in [0.1, 0.15) is 40.5 Å². The van der Waals surface area contributed by atoms with Crippen molar-refractivity contribution in [2.24, 2.45) is 11.7 Å². The Morgan fingerprint density at radius 2 is 1.72 bits per heavy atom. The van der Waals surface area contributed by atoms with E-state index in [9.17, 15) is 5.11 Å². The molecular weight excluding hydrogens is 228 g/mol. The van der Waals surface area contributed by atoms with E-state index in [4.69, 9.17) is 10.5 Å². The maximum absolute atomic E-state index is 10.6. The van der Waals surface area contributed by atoms with Crippen molar-refractivity contribution in [2.45, 2.75) is 57.3 Å². The fourth-order valence-corrected chi connectivity index (χ4v) is 3.43. The highest BCUT2D eigenvalue weighted by Crippen LogP contribution is 2.40. The van der Waals surface area contributed by atoms with Crippen molar-refractivity contribution in [3.05, 3.63) is 0 Å². The lowest BCUT2D eigenvalue weighted by Crippen LogP contribution is -2.61. The van der Waals surface area contributed by atoms with Crippen molar-refractivity contribution in [1.29, 1.82) is 0 Å². The molecule has 18 heavy (non-hydrogen) atoms. The summed E-state index contributed by atoms with van der Waals surface area (Å²) in [5.41, 5.74) is 4.76. The molecule has 1 saturated carbocycles. The molecule has 1 heterocycles. The summed E-state index contributed by atoms with van der Waals surface area (Å²) in [5.74, 6) is 0.400. The molecule has 1 aliphatic heterocycles. The predicted octanol–water partition coefficient (Wildman–Crippen LogP) is 0.976. The Morgan fingerprint density at radius 1 is 1.22 bits per heavy atom. The van der Waals surface area contributed by atoms with Gasteiger partial charge in [0.2, 0.25) is 0 Å². The van der Waals surface area contributed by atoms with Crippen LogP contribution in [0.15, 0.2) is 0 Å². The van der Waals surface area contributed by atoms with E-state index in [2.05, 4.69) is 32.6 Å². The molecule has 1 saturated heterocycles. The van der Waals surface area contributed by atoms with E-state index in [1.165, 1.54) is 0 Å². The van der Waals surface area contributed by atoms with Crippen LogP contribution < -0.4 is 5.73 Å². The SMILES string of the molecule is CC1(C)CN(CC(O)(CN)C2CC2)CC(C)(C)O1. The summed E-state index contributed by atoms with van der Waals surface area (Å²) in [6, 6.07) is 0. The zero-order valence-electron chi connectivity index (χ0n) is 12.2. The molecule has 0 amide bonds. The molecule has 106 valence electrons. The molecule has 0 aromatic rings. The molecule has 0 bridgehead atoms. The molecule has 0 spiro atoms. The second-order valence-corrected chi connectivity index (χ2v) is 7.35. The Balaban J connectivity index is 2.04. The van der Waals surface area contributed by atoms with Crippen molar-refractivity contribution < 1.29 is 9.84 Å². The Bertz CT molecular complexity index is 297. The van der Waals surface area contributed by atoms with Gasteiger partial charge in [0.1, 0.15) is 0 Å². The number of rotatable bonds is 4. The maximum Gasteiger partial charge on any atom is 0.0923 e. The molecular formula is C14H28N2O2. The van der Waals surface area contributed by atoms with Crippen molar-refractivity contribution in [3.8, 4) is 0 Å². The third kappa shape index (κ3) is 3.23. The number of β-amino-alcohol motifs (C(OH)–C–C–N with tert-alkyl or cyclic N) is 1. The number of hydrogen-bond donors (Lipinski definition) is 2. The molecule has 2 rings (SSSR count). The van der Waals surface area contributed by atoms with Gasteiger partial charge < -0.3 is 15.6 Å². The Kier molecular flexibility index (Phi) is 3.52. The van der Waals surface area contributed by atoms with E-state index >= 15 is 0 Å². The second-order valence-electron chi connectivity index (χ2n) is 7.35. The van der Waals surface area contributed by atoms with Gasteiger partial charge in [-0.2, -0.15) is 0 Å². The van der Waals surface area contributed by atoms with Crippen molar-refractivity contribution in [2.75, 3.05) is 26.2 Å². The zero-order valence-corrected chi connectivity index (χ0v) is 12.2. The summed E-state index contributed by atoms with van der Waals surface area (Å²) >= 11 is 0. The minimum atomic E-state index is -0.705. The lowest BCUT2D eigenvalue weighted by Gasteiger charge is -2.49. The highest BCUT2D eigenvalue weighted by molar-refractivity contribution is 5.00. The zero-order chi connectivity index (χ0) is 13.6. The van der Waals surface area contributed by atoms with Gasteiger partial charge in [0.25, 0.3) is 0 Å². The number of nitrogens with zero attached hydrogens (tertiary/aromatic N) is 1. The minimum absolute atomic E-state index is 0.166. The Labute approximate surface area is 110 Å². The normalized spacial score (nSPS) is 31.0. The molecule has 3 N–H and O–H groups in total. The summed E-state index contributed by atoms with van der Waals surface area (Å²) < 4.78 is 6.06. The van der Waals surface area contributed by atoms with Crippen LogP contribution in [-0.2, 0) is 4.74 Å². The summed E-state index contributed by atoms with van der Waals surface area (Å²) in [6.45, 7) is 11.2. The van der Waals surface area contributed by atoms with Gasteiger partial charge in [-0.15, -0.1) is 0 Å². The first-order valence-corrected chi connectivity index (χ1v) is 7.01. The smallest absolute Gasteiger partial charge is 0.0923 e. The largest absolute Gasteiger partial charge is 0.387 e. The van der Waals surface area contributed by atoms with E-state index < -0.39 is 5.60 Å². The summed E-state index contributed by atoms with van der Waals surface area (Å²) in [4.78, 5) is 2.31. The molecule has 4 nitrogen and oxygen atoms in total. The fourth-order valence-electron chi connectivity index (χ4n) is 3.43. The maximum atomic E-state index is 10.6. The van der Waals surface area contributed by atoms with Crippen LogP contribution in [0.2, 0.25) is 0 Å².